The highest BCUT2D eigenvalue weighted by molar-refractivity contribution is 7.13. The Labute approximate surface area is 102 Å². The maximum absolute atomic E-state index is 11.5. The number of amides is 1. The van der Waals surface area contributed by atoms with E-state index in [-0.39, 0.29) is 5.91 Å². The number of hydrogen-bond donors (Lipinski definition) is 2. The van der Waals surface area contributed by atoms with E-state index in [1.165, 1.54) is 17.4 Å². The molecule has 0 unspecified atom stereocenters. The van der Waals surface area contributed by atoms with Gasteiger partial charge in [0.25, 0.3) is 0 Å². The average molecular weight is 246 g/mol. The molecule has 1 aromatic heterocycles. The van der Waals surface area contributed by atoms with Crippen LogP contribution in [0.3, 0.4) is 0 Å². The van der Waals surface area contributed by atoms with Crippen LogP contribution < -0.4 is 11.1 Å². The van der Waals surface area contributed by atoms with Crippen LogP contribution in [-0.2, 0) is 4.79 Å². The Balaban J connectivity index is 1.99. The number of anilines is 2. The van der Waals surface area contributed by atoms with Gasteiger partial charge in [0.05, 0.1) is 0 Å². The first kappa shape index (κ1) is 11.3. The molecule has 1 heterocycles. The van der Waals surface area contributed by atoms with Gasteiger partial charge in [0.2, 0.25) is 11.0 Å². The minimum Gasteiger partial charge on any atom is -0.399 e. The summed E-state index contributed by atoms with van der Waals surface area (Å²) >= 11 is 1.27. The van der Waals surface area contributed by atoms with Gasteiger partial charge < -0.3 is 5.73 Å². The minimum absolute atomic E-state index is 0.246. The molecule has 0 radical (unpaired) electrons. The first-order chi connectivity index (χ1) is 8.24. The van der Waals surface area contributed by atoms with Crippen molar-refractivity contribution in [2.24, 2.45) is 0 Å². The fraction of sp³-hybridized carbons (Fsp3) is 0. The Hall–Kier alpha value is -2.21. The van der Waals surface area contributed by atoms with Crippen LogP contribution in [0.5, 0.6) is 0 Å². The van der Waals surface area contributed by atoms with E-state index in [0.717, 1.165) is 5.56 Å². The number of rotatable bonds is 3. The molecular formula is C11H10N4OS. The van der Waals surface area contributed by atoms with E-state index < -0.39 is 0 Å². The monoisotopic (exact) mass is 246 g/mol. The number of nitrogens with two attached hydrogens (primary N) is 1. The van der Waals surface area contributed by atoms with Crippen molar-refractivity contribution < 1.29 is 4.79 Å². The Bertz CT molecular complexity index is 536. The molecule has 86 valence electrons. The molecule has 17 heavy (non-hydrogen) atoms. The summed E-state index contributed by atoms with van der Waals surface area (Å²) in [7, 11) is 0. The Morgan fingerprint density at radius 3 is 3.06 bits per heavy atom. The molecule has 2 aromatic rings. The van der Waals surface area contributed by atoms with Crippen LogP contribution in [0.1, 0.15) is 5.56 Å². The first-order valence-electron chi connectivity index (χ1n) is 4.85. The summed E-state index contributed by atoms with van der Waals surface area (Å²) < 4.78 is 0. The number of carbonyl (C=O) groups excluding carboxylic acids is 1. The number of nitrogen functional groups attached to an aromatic ring is 1. The SMILES string of the molecule is Nc1cccc(/C=C/C(=O)Nc2nncs2)c1. The second-order valence-electron chi connectivity index (χ2n) is 3.24. The van der Waals surface area contributed by atoms with Crippen LogP contribution >= 0.6 is 11.3 Å². The highest BCUT2D eigenvalue weighted by Gasteiger charge is 1.99. The van der Waals surface area contributed by atoms with Gasteiger partial charge in [0.15, 0.2) is 0 Å². The fourth-order valence-corrected chi connectivity index (χ4v) is 1.66. The Kier molecular flexibility index (Phi) is 3.46. The van der Waals surface area contributed by atoms with Gasteiger partial charge in [0.1, 0.15) is 5.51 Å². The second-order valence-corrected chi connectivity index (χ2v) is 4.07. The van der Waals surface area contributed by atoms with Gasteiger partial charge >= 0.3 is 0 Å². The topological polar surface area (TPSA) is 80.9 Å². The smallest absolute Gasteiger partial charge is 0.250 e. The Morgan fingerprint density at radius 2 is 2.35 bits per heavy atom. The summed E-state index contributed by atoms with van der Waals surface area (Å²) in [6.07, 6.45) is 3.11. The van der Waals surface area contributed by atoms with E-state index in [0.29, 0.717) is 10.8 Å². The van der Waals surface area contributed by atoms with E-state index in [9.17, 15) is 4.79 Å². The minimum atomic E-state index is -0.246. The van der Waals surface area contributed by atoms with E-state index in [1.807, 2.05) is 12.1 Å². The number of hydrogen-bond acceptors (Lipinski definition) is 5. The van der Waals surface area contributed by atoms with Gasteiger partial charge in [-0.05, 0) is 23.8 Å². The molecule has 6 heteroatoms. The molecule has 0 fully saturated rings. The highest BCUT2D eigenvalue weighted by atomic mass is 32.1. The normalized spacial score (nSPS) is 10.6. The van der Waals surface area contributed by atoms with Crippen molar-refractivity contribution >= 4 is 34.1 Å². The van der Waals surface area contributed by atoms with Crippen LogP contribution in [0.2, 0.25) is 0 Å². The molecule has 1 amide bonds. The van der Waals surface area contributed by atoms with Crippen LogP contribution in [-0.4, -0.2) is 16.1 Å². The van der Waals surface area contributed by atoms with Crippen molar-refractivity contribution in [1.82, 2.24) is 10.2 Å². The van der Waals surface area contributed by atoms with E-state index >= 15 is 0 Å². The average Bonchev–Trinajstić information content (AvgIpc) is 2.79. The lowest BCUT2D eigenvalue weighted by molar-refractivity contribution is -0.111. The number of benzene rings is 1. The van der Waals surface area contributed by atoms with E-state index in [4.69, 9.17) is 5.73 Å². The zero-order valence-corrected chi connectivity index (χ0v) is 9.65. The zero-order chi connectivity index (χ0) is 12.1. The van der Waals surface area contributed by atoms with Crippen LogP contribution in [0, 0.1) is 0 Å². The molecular weight excluding hydrogens is 236 g/mol. The number of nitrogens with one attached hydrogen (secondary N) is 1. The van der Waals surface area contributed by atoms with Crippen molar-refractivity contribution in [3.05, 3.63) is 41.4 Å². The summed E-state index contributed by atoms with van der Waals surface area (Å²) in [5, 5.41) is 10.4. The fourth-order valence-electron chi connectivity index (χ4n) is 1.21. The van der Waals surface area contributed by atoms with Gasteiger partial charge in [-0.3, -0.25) is 10.1 Å². The number of aromatic nitrogens is 2. The van der Waals surface area contributed by atoms with Gasteiger partial charge in [0, 0.05) is 11.8 Å². The summed E-state index contributed by atoms with van der Waals surface area (Å²) in [4.78, 5) is 11.5. The summed E-state index contributed by atoms with van der Waals surface area (Å²) in [6, 6.07) is 7.27. The predicted molar refractivity (Wildman–Crippen MR) is 68.4 cm³/mol. The van der Waals surface area contributed by atoms with Crippen molar-refractivity contribution in [1.29, 1.82) is 0 Å². The molecule has 0 aliphatic rings. The number of carbonyl (C=O) groups is 1. The summed E-state index contributed by atoms with van der Waals surface area (Å²) in [6.45, 7) is 0. The molecule has 0 aliphatic carbocycles. The van der Waals surface area contributed by atoms with Gasteiger partial charge in [-0.15, -0.1) is 10.2 Å². The van der Waals surface area contributed by atoms with Crippen molar-refractivity contribution in [2.45, 2.75) is 0 Å². The molecule has 3 N–H and O–H groups in total. The quantitative estimate of drug-likeness (QED) is 0.639. The van der Waals surface area contributed by atoms with E-state index in [1.54, 1.807) is 23.7 Å². The van der Waals surface area contributed by atoms with Crippen molar-refractivity contribution in [2.75, 3.05) is 11.1 Å². The molecule has 0 spiro atoms. The summed E-state index contributed by atoms with van der Waals surface area (Å²) in [5.74, 6) is -0.246. The second kappa shape index (κ2) is 5.22. The van der Waals surface area contributed by atoms with Gasteiger partial charge in [-0.25, -0.2) is 0 Å². The van der Waals surface area contributed by atoms with Crippen LogP contribution in [0.15, 0.2) is 35.9 Å². The first-order valence-corrected chi connectivity index (χ1v) is 5.73. The lowest BCUT2D eigenvalue weighted by Crippen LogP contribution is -2.07. The largest absolute Gasteiger partial charge is 0.399 e. The van der Waals surface area contributed by atoms with Gasteiger partial charge in [-0.1, -0.05) is 23.5 Å². The van der Waals surface area contributed by atoms with Crippen LogP contribution in [0.25, 0.3) is 6.08 Å². The molecule has 2 rings (SSSR count). The highest BCUT2D eigenvalue weighted by Crippen LogP contribution is 2.10. The molecule has 5 nitrogen and oxygen atoms in total. The maximum atomic E-state index is 11.5. The lowest BCUT2D eigenvalue weighted by atomic mass is 10.2. The third kappa shape index (κ3) is 3.39. The molecule has 1 aromatic carbocycles. The summed E-state index contributed by atoms with van der Waals surface area (Å²) in [5.41, 5.74) is 8.71. The van der Waals surface area contributed by atoms with E-state index in [2.05, 4.69) is 15.5 Å². The standard InChI is InChI=1S/C11H10N4OS/c12-9-3-1-2-8(6-9)4-5-10(16)14-11-15-13-7-17-11/h1-7H,12H2,(H,14,15,16)/b5-4+. The molecule has 0 atom stereocenters. The third-order valence-electron chi connectivity index (χ3n) is 1.93. The molecule has 0 saturated heterocycles. The molecule has 0 saturated carbocycles. The van der Waals surface area contributed by atoms with Crippen molar-refractivity contribution in [3.8, 4) is 0 Å². The van der Waals surface area contributed by atoms with Crippen LogP contribution in [0.4, 0.5) is 10.8 Å². The maximum Gasteiger partial charge on any atom is 0.250 e. The zero-order valence-electron chi connectivity index (χ0n) is 8.83. The van der Waals surface area contributed by atoms with Gasteiger partial charge in [-0.2, -0.15) is 0 Å². The predicted octanol–water partition coefficient (Wildman–Crippen LogP) is 1.77. The Morgan fingerprint density at radius 1 is 1.47 bits per heavy atom. The lowest BCUT2D eigenvalue weighted by Gasteiger charge is -1.96. The third-order valence-corrected chi connectivity index (χ3v) is 2.53. The number of nitrogens with zero attached hydrogens (tertiary/aromatic N) is 2. The molecule has 0 aliphatic heterocycles. The molecule has 0 bridgehead atoms. The van der Waals surface area contributed by atoms with Crippen molar-refractivity contribution in [3.63, 3.8) is 0 Å².